The Hall–Kier alpha value is -1.20. The van der Waals surface area contributed by atoms with Crippen LogP contribution in [0.2, 0.25) is 0 Å². The third-order valence-corrected chi connectivity index (χ3v) is 5.77. The summed E-state index contributed by atoms with van der Waals surface area (Å²) < 4.78 is 0. The zero-order valence-corrected chi connectivity index (χ0v) is 17.5. The molecule has 1 aromatic carbocycles. The molecule has 1 aliphatic rings. The van der Waals surface area contributed by atoms with Gasteiger partial charge in [-0.15, -0.1) is 0 Å². The summed E-state index contributed by atoms with van der Waals surface area (Å²) in [5.74, 6) is 2.23. The molecule has 5 heteroatoms. The van der Waals surface area contributed by atoms with Crippen molar-refractivity contribution in [2.45, 2.75) is 51.6 Å². The third kappa shape index (κ3) is 7.20. The zero-order chi connectivity index (χ0) is 18.6. The quantitative estimate of drug-likeness (QED) is 0.389. The number of likely N-dealkylation sites (tertiary alicyclic amines) is 1. The lowest BCUT2D eigenvalue weighted by Crippen LogP contribution is -2.49. The predicted molar refractivity (Wildman–Crippen MR) is 116 cm³/mol. The fourth-order valence-electron chi connectivity index (χ4n) is 3.44. The minimum absolute atomic E-state index is 0.496. The van der Waals surface area contributed by atoms with E-state index in [1.165, 1.54) is 37.0 Å². The van der Waals surface area contributed by atoms with Crippen LogP contribution >= 0.6 is 11.8 Å². The van der Waals surface area contributed by atoms with Gasteiger partial charge in [-0.1, -0.05) is 30.3 Å². The SMILES string of the molecule is CCNC(=NCCCCSC)NC1CCN(C(C)c2ccccc2)CC1. The van der Waals surface area contributed by atoms with Crippen molar-refractivity contribution in [1.29, 1.82) is 0 Å². The van der Waals surface area contributed by atoms with Crippen LogP contribution < -0.4 is 10.6 Å². The number of hydrogen-bond donors (Lipinski definition) is 2. The molecular formula is C21H36N4S. The van der Waals surface area contributed by atoms with Crippen LogP contribution in [0.15, 0.2) is 35.3 Å². The van der Waals surface area contributed by atoms with Crippen molar-refractivity contribution in [2.75, 3.05) is 38.2 Å². The van der Waals surface area contributed by atoms with E-state index in [9.17, 15) is 0 Å². The topological polar surface area (TPSA) is 39.7 Å². The molecule has 2 rings (SSSR count). The Morgan fingerprint density at radius 3 is 2.62 bits per heavy atom. The Bertz CT molecular complexity index is 512. The number of guanidine groups is 1. The summed E-state index contributed by atoms with van der Waals surface area (Å²) in [4.78, 5) is 7.35. The van der Waals surface area contributed by atoms with E-state index in [2.05, 4.69) is 66.0 Å². The van der Waals surface area contributed by atoms with Crippen molar-refractivity contribution in [2.24, 2.45) is 4.99 Å². The summed E-state index contributed by atoms with van der Waals surface area (Å²) in [6, 6.07) is 11.9. The van der Waals surface area contributed by atoms with Gasteiger partial charge in [0, 0.05) is 38.3 Å². The van der Waals surface area contributed by atoms with Crippen LogP contribution in [0.25, 0.3) is 0 Å². The summed E-state index contributed by atoms with van der Waals surface area (Å²) >= 11 is 1.92. The summed E-state index contributed by atoms with van der Waals surface area (Å²) in [5.41, 5.74) is 1.42. The lowest BCUT2D eigenvalue weighted by molar-refractivity contribution is 0.158. The minimum atomic E-state index is 0.496. The normalized spacial score (nSPS) is 17.9. The van der Waals surface area contributed by atoms with Gasteiger partial charge in [-0.05, 0) is 57.1 Å². The second-order valence-corrected chi connectivity index (χ2v) is 7.99. The van der Waals surface area contributed by atoms with Gasteiger partial charge in [-0.3, -0.25) is 9.89 Å². The fourth-order valence-corrected chi connectivity index (χ4v) is 3.93. The van der Waals surface area contributed by atoms with Crippen molar-refractivity contribution in [3.63, 3.8) is 0 Å². The van der Waals surface area contributed by atoms with Gasteiger partial charge >= 0.3 is 0 Å². The number of rotatable bonds is 9. The van der Waals surface area contributed by atoms with Crippen LogP contribution in [0.5, 0.6) is 0 Å². The average molecular weight is 377 g/mol. The molecule has 1 atom stereocenters. The van der Waals surface area contributed by atoms with Crippen molar-refractivity contribution in [1.82, 2.24) is 15.5 Å². The molecule has 146 valence electrons. The van der Waals surface area contributed by atoms with Gasteiger partial charge in [0.1, 0.15) is 0 Å². The van der Waals surface area contributed by atoms with Crippen molar-refractivity contribution < 1.29 is 0 Å². The monoisotopic (exact) mass is 376 g/mol. The predicted octanol–water partition coefficient (Wildman–Crippen LogP) is 3.91. The number of nitrogens with zero attached hydrogens (tertiary/aromatic N) is 2. The van der Waals surface area contributed by atoms with E-state index < -0.39 is 0 Å². The molecule has 0 saturated carbocycles. The van der Waals surface area contributed by atoms with Crippen LogP contribution in [0.4, 0.5) is 0 Å². The number of thioether (sulfide) groups is 1. The smallest absolute Gasteiger partial charge is 0.191 e. The number of piperidine rings is 1. The molecule has 1 unspecified atom stereocenters. The standard InChI is InChI=1S/C21H36N4S/c1-4-22-21(23-14-8-9-17-26-3)24-20-12-15-25(16-13-20)18(2)19-10-6-5-7-11-19/h5-7,10-11,18,20H,4,8-9,12-17H2,1-3H3,(H2,22,23,24). The Kier molecular flexibility index (Phi) is 9.93. The number of unbranched alkanes of at least 4 members (excludes halogenated alkanes) is 1. The second kappa shape index (κ2) is 12.2. The number of nitrogens with one attached hydrogen (secondary N) is 2. The van der Waals surface area contributed by atoms with E-state index in [1.54, 1.807) is 0 Å². The molecule has 26 heavy (non-hydrogen) atoms. The minimum Gasteiger partial charge on any atom is -0.357 e. The molecular weight excluding hydrogens is 340 g/mol. The first-order chi connectivity index (χ1) is 12.7. The molecule has 1 aromatic rings. The number of benzene rings is 1. The highest BCUT2D eigenvalue weighted by molar-refractivity contribution is 7.98. The fraction of sp³-hybridized carbons (Fsp3) is 0.667. The molecule has 4 nitrogen and oxygen atoms in total. The summed E-state index contributed by atoms with van der Waals surface area (Å²) in [7, 11) is 0. The van der Waals surface area contributed by atoms with E-state index in [4.69, 9.17) is 4.99 Å². The van der Waals surface area contributed by atoms with Crippen LogP contribution in [0.3, 0.4) is 0 Å². The van der Waals surface area contributed by atoms with E-state index >= 15 is 0 Å². The molecule has 1 heterocycles. The Morgan fingerprint density at radius 1 is 1.23 bits per heavy atom. The van der Waals surface area contributed by atoms with E-state index in [0.29, 0.717) is 12.1 Å². The first kappa shape index (κ1) is 21.1. The van der Waals surface area contributed by atoms with E-state index in [1.807, 2.05) is 11.8 Å². The largest absolute Gasteiger partial charge is 0.357 e. The van der Waals surface area contributed by atoms with Gasteiger partial charge in [-0.25, -0.2) is 0 Å². The highest BCUT2D eigenvalue weighted by Gasteiger charge is 2.23. The Labute approximate surface area is 164 Å². The van der Waals surface area contributed by atoms with Gasteiger partial charge in [0.05, 0.1) is 0 Å². The molecule has 0 aromatic heterocycles. The molecule has 0 radical (unpaired) electrons. The maximum atomic E-state index is 4.75. The molecule has 0 aliphatic carbocycles. The maximum Gasteiger partial charge on any atom is 0.191 e. The molecule has 0 spiro atoms. The van der Waals surface area contributed by atoms with E-state index in [0.717, 1.165) is 32.1 Å². The molecule has 0 bridgehead atoms. The van der Waals surface area contributed by atoms with Crippen LogP contribution in [-0.4, -0.2) is 55.1 Å². The Morgan fingerprint density at radius 2 is 1.96 bits per heavy atom. The van der Waals surface area contributed by atoms with Crippen molar-refractivity contribution >= 4 is 17.7 Å². The van der Waals surface area contributed by atoms with Crippen LogP contribution in [-0.2, 0) is 0 Å². The zero-order valence-electron chi connectivity index (χ0n) is 16.7. The van der Waals surface area contributed by atoms with Gasteiger partial charge in [0.2, 0.25) is 0 Å². The average Bonchev–Trinajstić information content (AvgIpc) is 2.68. The van der Waals surface area contributed by atoms with Crippen molar-refractivity contribution in [3.05, 3.63) is 35.9 Å². The second-order valence-electron chi connectivity index (χ2n) is 7.00. The molecule has 2 N–H and O–H groups in total. The maximum absolute atomic E-state index is 4.75. The van der Waals surface area contributed by atoms with Gasteiger partial charge in [0.25, 0.3) is 0 Å². The van der Waals surface area contributed by atoms with Gasteiger partial charge < -0.3 is 10.6 Å². The first-order valence-electron chi connectivity index (χ1n) is 10.1. The highest BCUT2D eigenvalue weighted by Crippen LogP contribution is 2.23. The molecule has 1 aliphatic heterocycles. The molecule has 1 saturated heterocycles. The Balaban J connectivity index is 1.77. The third-order valence-electron chi connectivity index (χ3n) is 5.07. The van der Waals surface area contributed by atoms with Gasteiger partial charge in [-0.2, -0.15) is 11.8 Å². The molecule has 0 amide bonds. The number of aliphatic imine (C=N–C) groups is 1. The highest BCUT2D eigenvalue weighted by atomic mass is 32.2. The lowest BCUT2D eigenvalue weighted by atomic mass is 10.0. The summed E-state index contributed by atoms with van der Waals surface area (Å²) in [5, 5.41) is 7.05. The lowest BCUT2D eigenvalue weighted by Gasteiger charge is -2.37. The molecule has 1 fully saturated rings. The van der Waals surface area contributed by atoms with Crippen molar-refractivity contribution in [3.8, 4) is 0 Å². The summed E-state index contributed by atoms with van der Waals surface area (Å²) in [6.45, 7) is 8.57. The van der Waals surface area contributed by atoms with Gasteiger partial charge in [0.15, 0.2) is 5.96 Å². The number of hydrogen-bond acceptors (Lipinski definition) is 3. The first-order valence-corrected chi connectivity index (χ1v) is 11.5. The van der Waals surface area contributed by atoms with Crippen LogP contribution in [0, 0.1) is 0 Å². The van der Waals surface area contributed by atoms with Crippen LogP contribution in [0.1, 0.15) is 51.1 Å². The summed E-state index contributed by atoms with van der Waals surface area (Å²) in [6.07, 6.45) is 6.94. The van der Waals surface area contributed by atoms with E-state index in [-0.39, 0.29) is 0 Å².